The third-order valence-electron chi connectivity index (χ3n) is 4.88. The van der Waals surface area contributed by atoms with Crippen molar-refractivity contribution in [2.24, 2.45) is 10.1 Å². The van der Waals surface area contributed by atoms with E-state index in [-0.39, 0.29) is 5.56 Å². The molecule has 162 valence electrons. The molecule has 4 aromatic rings. The molecule has 0 aliphatic carbocycles. The highest BCUT2D eigenvalue weighted by atomic mass is 79.9. The Balaban J connectivity index is 1.89. The first-order chi connectivity index (χ1) is 15.3. The van der Waals surface area contributed by atoms with Gasteiger partial charge in [0.15, 0.2) is 11.5 Å². The van der Waals surface area contributed by atoms with Gasteiger partial charge in [0.25, 0.3) is 0 Å². The van der Waals surface area contributed by atoms with E-state index in [1.54, 1.807) is 4.68 Å². The van der Waals surface area contributed by atoms with E-state index in [4.69, 9.17) is 4.99 Å². The number of hydrogen-bond donors (Lipinski definition) is 3. The van der Waals surface area contributed by atoms with Gasteiger partial charge in [0.05, 0.1) is 17.6 Å². The number of rotatable bonds is 4. The monoisotopic (exact) mass is 509 g/mol. The maximum Gasteiger partial charge on any atom is 0.211 e. The lowest BCUT2D eigenvalue weighted by Crippen LogP contribution is -2.11. The predicted octanol–water partition coefficient (Wildman–Crippen LogP) is 5.83. The van der Waals surface area contributed by atoms with Crippen LogP contribution in [0.25, 0.3) is 11.3 Å². The number of nitrogens with zero attached hydrogens (tertiary/aromatic N) is 3. The minimum absolute atomic E-state index is 0.262. The van der Waals surface area contributed by atoms with Crippen molar-refractivity contribution in [3.8, 4) is 28.5 Å². The fourth-order valence-corrected chi connectivity index (χ4v) is 4.17. The quantitative estimate of drug-likeness (QED) is 0.239. The van der Waals surface area contributed by atoms with Gasteiger partial charge in [-0.1, -0.05) is 40.2 Å². The maximum atomic E-state index is 10.2. The molecule has 0 bridgehead atoms. The zero-order valence-corrected chi connectivity index (χ0v) is 19.7. The third kappa shape index (κ3) is 4.46. The van der Waals surface area contributed by atoms with E-state index < -0.39 is 17.2 Å². The zero-order chi connectivity index (χ0) is 22.8. The average molecular weight is 510 g/mol. The molecule has 0 radical (unpaired) electrons. The molecule has 32 heavy (non-hydrogen) atoms. The minimum atomic E-state index is -0.585. The summed E-state index contributed by atoms with van der Waals surface area (Å²) >= 11 is 4.91. The molecule has 0 aliphatic rings. The molecule has 4 rings (SSSR count). The van der Waals surface area contributed by atoms with Gasteiger partial charge in [0.1, 0.15) is 0 Å². The van der Waals surface area contributed by atoms with E-state index in [1.165, 1.54) is 29.7 Å². The Labute approximate surface area is 197 Å². The van der Waals surface area contributed by atoms with Crippen molar-refractivity contribution in [1.82, 2.24) is 4.68 Å². The van der Waals surface area contributed by atoms with Gasteiger partial charge >= 0.3 is 0 Å². The number of hydrogen-bond acceptors (Lipinski definition) is 6. The summed E-state index contributed by atoms with van der Waals surface area (Å²) in [5, 5.41) is 36.1. The van der Waals surface area contributed by atoms with Crippen LogP contribution in [0, 0.1) is 13.8 Å². The standard InChI is InChI=1S/C24H20BrN3O3S/c1-14-3-4-15(2)19(11-14)27-24-28(20(13-32-24)16-5-8-18(25)9-6-16)26-12-17-7-10-21(29)23(31)22(17)30/h3-13,29-31H,1-2H3. The van der Waals surface area contributed by atoms with Gasteiger partial charge in [-0.05, 0) is 55.3 Å². The van der Waals surface area contributed by atoms with Crippen LogP contribution in [0.5, 0.6) is 17.2 Å². The first-order valence-electron chi connectivity index (χ1n) is 9.70. The Bertz CT molecular complexity index is 1390. The van der Waals surface area contributed by atoms with E-state index in [0.29, 0.717) is 4.80 Å². The summed E-state index contributed by atoms with van der Waals surface area (Å²) in [5.74, 6) is -1.43. The number of phenolic OH excluding ortho intramolecular Hbond substituents is 3. The molecule has 6 nitrogen and oxygen atoms in total. The van der Waals surface area contributed by atoms with Crippen LogP contribution < -0.4 is 4.80 Å². The highest BCUT2D eigenvalue weighted by Crippen LogP contribution is 2.36. The van der Waals surface area contributed by atoms with Crippen LogP contribution in [-0.2, 0) is 0 Å². The Morgan fingerprint density at radius 2 is 1.69 bits per heavy atom. The van der Waals surface area contributed by atoms with Gasteiger partial charge < -0.3 is 15.3 Å². The zero-order valence-electron chi connectivity index (χ0n) is 17.3. The molecule has 0 saturated heterocycles. The van der Waals surface area contributed by atoms with Crippen molar-refractivity contribution in [3.63, 3.8) is 0 Å². The average Bonchev–Trinajstić information content (AvgIpc) is 3.17. The first kappa shape index (κ1) is 21.9. The lowest BCUT2D eigenvalue weighted by molar-refractivity contribution is 0.367. The van der Waals surface area contributed by atoms with Gasteiger partial charge in [-0.2, -0.15) is 5.10 Å². The molecular weight excluding hydrogens is 490 g/mol. The number of phenols is 3. The Kier molecular flexibility index (Phi) is 6.16. The van der Waals surface area contributed by atoms with Crippen LogP contribution in [-0.4, -0.2) is 26.2 Å². The van der Waals surface area contributed by atoms with E-state index in [0.717, 1.165) is 32.5 Å². The van der Waals surface area contributed by atoms with Gasteiger partial charge in [0.2, 0.25) is 10.6 Å². The second-order valence-corrected chi connectivity index (χ2v) is 8.99. The number of benzene rings is 3. The van der Waals surface area contributed by atoms with Crippen LogP contribution >= 0.6 is 27.3 Å². The maximum absolute atomic E-state index is 10.2. The lowest BCUT2D eigenvalue weighted by Gasteiger charge is -2.06. The molecule has 0 saturated carbocycles. The van der Waals surface area contributed by atoms with E-state index in [9.17, 15) is 15.3 Å². The smallest absolute Gasteiger partial charge is 0.211 e. The van der Waals surface area contributed by atoms with Crippen LogP contribution in [0.1, 0.15) is 16.7 Å². The summed E-state index contributed by atoms with van der Waals surface area (Å²) in [6, 6.07) is 16.7. The second kappa shape index (κ2) is 9.02. The highest BCUT2D eigenvalue weighted by molar-refractivity contribution is 9.10. The molecule has 0 fully saturated rings. The largest absolute Gasteiger partial charge is 0.504 e. The van der Waals surface area contributed by atoms with Crippen LogP contribution in [0.15, 0.2) is 74.5 Å². The number of aromatic nitrogens is 1. The van der Waals surface area contributed by atoms with Crippen molar-refractivity contribution < 1.29 is 15.3 Å². The second-order valence-electron chi connectivity index (χ2n) is 7.24. The molecule has 3 N–H and O–H groups in total. The fraction of sp³-hybridized carbons (Fsp3) is 0.0833. The van der Waals surface area contributed by atoms with E-state index in [1.807, 2.05) is 61.7 Å². The molecule has 0 atom stereocenters. The molecule has 0 spiro atoms. The molecular formula is C24H20BrN3O3S. The van der Waals surface area contributed by atoms with Gasteiger partial charge in [0, 0.05) is 21.0 Å². The Morgan fingerprint density at radius 1 is 0.938 bits per heavy atom. The van der Waals surface area contributed by atoms with Crippen molar-refractivity contribution in [2.45, 2.75) is 13.8 Å². The number of aromatic hydroxyl groups is 3. The van der Waals surface area contributed by atoms with Crippen LogP contribution in [0.3, 0.4) is 0 Å². The molecule has 0 aliphatic heterocycles. The molecule has 0 amide bonds. The SMILES string of the molecule is Cc1ccc(C)c(N=c2scc(-c3ccc(Br)cc3)n2N=Cc2ccc(O)c(O)c2O)c1. The number of aryl methyl sites for hydroxylation is 2. The summed E-state index contributed by atoms with van der Waals surface area (Å²) in [4.78, 5) is 5.49. The lowest BCUT2D eigenvalue weighted by atomic mass is 10.1. The van der Waals surface area contributed by atoms with Crippen molar-refractivity contribution in [1.29, 1.82) is 0 Å². The van der Waals surface area contributed by atoms with Crippen molar-refractivity contribution in [3.05, 3.63) is 85.9 Å². The summed E-state index contributed by atoms with van der Waals surface area (Å²) in [7, 11) is 0. The number of thiazole rings is 1. The van der Waals surface area contributed by atoms with Crippen molar-refractivity contribution >= 4 is 39.2 Å². The normalized spacial score (nSPS) is 12.0. The van der Waals surface area contributed by atoms with Gasteiger partial charge in [-0.15, -0.1) is 11.3 Å². The Morgan fingerprint density at radius 3 is 2.44 bits per heavy atom. The molecule has 1 heterocycles. The number of halogens is 1. The molecule has 8 heteroatoms. The highest BCUT2D eigenvalue weighted by Gasteiger charge is 2.11. The topological polar surface area (TPSA) is 90.3 Å². The first-order valence-corrected chi connectivity index (χ1v) is 11.4. The predicted molar refractivity (Wildman–Crippen MR) is 131 cm³/mol. The van der Waals surface area contributed by atoms with E-state index >= 15 is 0 Å². The van der Waals surface area contributed by atoms with Gasteiger partial charge in [-0.3, -0.25) is 0 Å². The summed E-state index contributed by atoms with van der Waals surface area (Å²) < 4.78 is 2.66. The molecule has 1 aromatic heterocycles. The fourth-order valence-electron chi connectivity index (χ4n) is 3.06. The third-order valence-corrected chi connectivity index (χ3v) is 6.22. The van der Waals surface area contributed by atoms with Crippen LogP contribution in [0.2, 0.25) is 0 Å². The molecule has 3 aromatic carbocycles. The minimum Gasteiger partial charge on any atom is -0.504 e. The van der Waals surface area contributed by atoms with Gasteiger partial charge in [-0.25, -0.2) is 9.67 Å². The van der Waals surface area contributed by atoms with Crippen molar-refractivity contribution in [2.75, 3.05) is 0 Å². The Hall–Kier alpha value is -3.36. The van der Waals surface area contributed by atoms with E-state index in [2.05, 4.69) is 21.0 Å². The molecule has 0 unspecified atom stereocenters. The summed E-state index contributed by atoms with van der Waals surface area (Å²) in [6.07, 6.45) is 1.42. The summed E-state index contributed by atoms with van der Waals surface area (Å²) in [5.41, 5.74) is 5.04. The summed E-state index contributed by atoms with van der Waals surface area (Å²) in [6.45, 7) is 4.03. The van der Waals surface area contributed by atoms with Crippen LogP contribution in [0.4, 0.5) is 5.69 Å².